The highest BCUT2D eigenvalue weighted by atomic mass is 32.1. The molecule has 0 unspecified atom stereocenters. The van der Waals surface area contributed by atoms with E-state index in [1.54, 1.807) is 11.3 Å². The summed E-state index contributed by atoms with van der Waals surface area (Å²) in [5, 5.41) is 1.46. The van der Waals surface area contributed by atoms with Crippen LogP contribution in [0.25, 0.3) is 54.3 Å². The minimum Gasteiger partial charge on any atom is -0.289 e. The Morgan fingerprint density at radius 3 is 1.64 bits per heavy atom. The van der Waals surface area contributed by atoms with Gasteiger partial charge in [0.2, 0.25) is 0 Å². The Morgan fingerprint density at radius 1 is 0.485 bits per heavy atom. The molecule has 0 aliphatic rings. The topological polar surface area (TPSA) is 55.7 Å². The van der Waals surface area contributed by atoms with Gasteiger partial charge in [-0.15, -0.1) is 11.3 Å². The van der Waals surface area contributed by atoms with E-state index in [9.17, 15) is 4.79 Å². The summed E-state index contributed by atoms with van der Waals surface area (Å²) in [4.78, 5) is 27.3. The molecule has 156 valence electrons. The molecule has 6 rings (SSSR count). The minimum atomic E-state index is 0.0523. The summed E-state index contributed by atoms with van der Waals surface area (Å²) in [5.41, 5.74) is 2.76. The van der Waals surface area contributed by atoms with Gasteiger partial charge in [0, 0.05) is 36.9 Å². The fourth-order valence-corrected chi connectivity index (χ4v) is 4.99. The van der Waals surface area contributed by atoms with Crippen LogP contribution in [0.5, 0.6) is 0 Å². The molecule has 2 heterocycles. The Labute approximate surface area is 193 Å². The van der Waals surface area contributed by atoms with Gasteiger partial charge in [-0.2, -0.15) is 0 Å². The molecule has 4 aromatic carbocycles. The average Bonchev–Trinajstić information content (AvgIpc) is 2.89. The molecule has 0 spiro atoms. The quantitative estimate of drug-likeness (QED) is 0.289. The molecule has 4 nitrogen and oxygen atoms in total. The molecule has 0 fully saturated rings. The zero-order valence-electron chi connectivity index (χ0n) is 17.5. The van der Waals surface area contributed by atoms with E-state index in [1.807, 2.05) is 103 Å². The van der Waals surface area contributed by atoms with Crippen molar-refractivity contribution in [3.8, 4) is 34.2 Å². The van der Waals surface area contributed by atoms with E-state index in [0.717, 1.165) is 31.5 Å². The number of hydrogen-bond acceptors (Lipinski definition) is 5. The molecule has 0 saturated carbocycles. The molecule has 33 heavy (non-hydrogen) atoms. The summed E-state index contributed by atoms with van der Waals surface area (Å²) < 4.78 is 1.89. The lowest BCUT2D eigenvalue weighted by molar-refractivity contribution is 1.07. The fraction of sp³-hybridized carbons (Fsp3) is 0. The van der Waals surface area contributed by atoms with Gasteiger partial charge in [-0.3, -0.25) is 4.79 Å². The van der Waals surface area contributed by atoms with Crippen LogP contribution in [0, 0.1) is 0 Å². The largest absolute Gasteiger partial charge is 0.289 e. The fourth-order valence-electron chi connectivity index (χ4n) is 3.88. The molecule has 0 aliphatic carbocycles. The van der Waals surface area contributed by atoms with Crippen molar-refractivity contribution in [3.63, 3.8) is 0 Å². The molecule has 0 bridgehead atoms. The van der Waals surface area contributed by atoms with E-state index in [0.29, 0.717) is 22.9 Å². The second-order valence-electron chi connectivity index (χ2n) is 7.68. The van der Waals surface area contributed by atoms with Crippen LogP contribution in [0.2, 0.25) is 0 Å². The first kappa shape index (κ1) is 19.5. The molecule has 6 aromatic rings. The zero-order valence-corrected chi connectivity index (χ0v) is 18.3. The maximum atomic E-state index is 13.0. The zero-order chi connectivity index (χ0) is 22.2. The van der Waals surface area contributed by atoms with E-state index in [-0.39, 0.29) is 5.43 Å². The normalized spacial score (nSPS) is 11.2. The summed E-state index contributed by atoms with van der Waals surface area (Å²) >= 11 is 1.60. The molecule has 0 N–H and O–H groups in total. The highest BCUT2D eigenvalue weighted by Crippen LogP contribution is 2.30. The Hall–Kier alpha value is -4.22. The summed E-state index contributed by atoms with van der Waals surface area (Å²) in [6.45, 7) is 0. The van der Waals surface area contributed by atoms with E-state index >= 15 is 0 Å². The van der Waals surface area contributed by atoms with Gasteiger partial charge in [0.15, 0.2) is 22.9 Å². The monoisotopic (exact) mass is 443 g/mol. The van der Waals surface area contributed by atoms with Gasteiger partial charge >= 0.3 is 0 Å². The van der Waals surface area contributed by atoms with Crippen LogP contribution in [0.1, 0.15) is 0 Å². The summed E-state index contributed by atoms with van der Waals surface area (Å²) in [7, 11) is 0. The maximum absolute atomic E-state index is 13.0. The van der Waals surface area contributed by atoms with Crippen molar-refractivity contribution in [1.82, 2.24) is 15.0 Å². The van der Waals surface area contributed by atoms with Crippen molar-refractivity contribution in [2.45, 2.75) is 0 Å². The van der Waals surface area contributed by atoms with Crippen LogP contribution in [0.15, 0.2) is 108 Å². The Morgan fingerprint density at radius 2 is 1.00 bits per heavy atom. The third kappa shape index (κ3) is 3.58. The molecule has 0 amide bonds. The van der Waals surface area contributed by atoms with E-state index in [2.05, 4.69) is 0 Å². The SMILES string of the molecule is O=c1c2ccccc2sc2cc(-c3nc(-c4ccccc4)nc(-c4ccccc4)n3)ccc12. The molecular weight excluding hydrogens is 426 g/mol. The first-order valence-corrected chi connectivity index (χ1v) is 11.4. The van der Waals surface area contributed by atoms with Crippen molar-refractivity contribution >= 4 is 31.5 Å². The average molecular weight is 444 g/mol. The number of fused-ring (bicyclic) bond motifs is 2. The Bertz CT molecular complexity index is 1620. The van der Waals surface area contributed by atoms with Crippen LogP contribution in [0.4, 0.5) is 0 Å². The van der Waals surface area contributed by atoms with Crippen molar-refractivity contribution in [3.05, 3.63) is 113 Å². The van der Waals surface area contributed by atoms with Gasteiger partial charge in [0.05, 0.1) is 0 Å². The summed E-state index contributed by atoms with van der Waals surface area (Å²) in [6.07, 6.45) is 0. The second-order valence-corrected chi connectivity index (χ2v) is 8.76. The second kappa shape index (κ2) is 8.04. The Kier molecular flexibility index (Phi) is 4.74. The minimum absolute atomic E-state index is 0.0523. The number of aromatic nitrogens is 3. The standard InChI is InChI=1S/C28H17N3OS/c32-25-21-13-7-8-14-23(21)33-24-17-20(15-16-22(24)25)28-30-26(18-9-3-1-4-10-18)29-27(31-28)19-11-5-2-6-12-19/h1-17H. The summed E-state index contributed by atoms with van der Waals surface area (Å²) in [5.74, 6) is 1.81. The maximum Gasteiger partial charge on any atom is 0.195 e. The lowest BCUT2D eigenvalue weighted by Gasteiger charge is -2.09. The van der Waals surface area contributed by atoms with Crippen molar-refractivity contribution in [1.29, 1.82) is 0 Å². The molecule has 2 aromatic heterocycles. The predicted octanol–water partition coefficient (Wildman–Crippen LogP) is 6.60. The van der Waals surface area contributed by atoms with Gasteiger partial charge in [0.1, 0.15) is 0 Å². The van der Waals surface area contributed by atoms with Crippen LogP contribution in [-0.4, -0.2) is 15.0 Å². The first-order valence-electron chi connectivity index (χ1n) is 10.6. The van der Waals surface area contributed by atoms with E-state index < -0.39 is 0 Å². The first-order chi connectivity index (χ1) is 16.3. The lowest BCUT2D eigenvalue weighted by Crippen LogP contribution is -2.02. The lowest BCUT2D eigenvalue weighted by atomic mass is 10.1. The number of rotatable bonds is 3. The molecule has 0 atom stereocenters. The third-order valence-electron chi connectivity index (χ3n) is 5.54. The van der Waals surface area contributed by atoms with Gasteiger partial charge in [-0.25, -0.2) is 15.0 Å². The van der Waals surface area contributed by atoms with Crippen molar-refractivity contribution < 1.29 is 0 Å². The van der Waals surface area contributed by atoms with Gasteiger partial charge < -0.3 is 0 Å². The molecule has 0 radical (unpaired) electrons. The molecular formula is C28H17N3OS. The van der Waals surface area contributed by atoms with Gasteiger partial charge in [0.25, 0.3) is 0 Å². The highest BCUT2D eigenvalue weighted by molar-refractivity contribution is 7.24. The number of benzene rings is 4. The molecule has 0 saturated heterocycles. The van der Waals surface area contributed by atoms with E-state index in [4.69, 9.17) is 15.0 Å². The van der Waals surface area contributed by atoms with Gasteiger partial charge in [-0.05, 0) is 24.3 Å². The third-order valence-corrected chi connectivity index (χ3v) is 6.67. The van der Waals surface area contributed by atoms with Gasteiger partial charge in [-0.1, -0.05) is 78.9 Å². The van der Waals surface area contributed by atoms with Crippen LogP contribution < -0.4 is 5.43 Å². The molecule has 0 aliphatic heterocycles. The van der Waals surface area contributed by atoms with E-state index in [1.165, 1.54) is 0 Å². The van der Waals surface area contributed by atoms with Crippen molar-refractivity contribution in [2.75, 3.05) is 0 Å². The molecule has 5 heteroatoms. The van der Waals surface area contributed by atoms with Crippen LogP contribution in [0.3, 0.4) is 0 Å². The summed E-state index contributed by atoms with van der Waals surface area (Å²) in [6, 6.07) is 33.3. The number of hydrogen-bond donors (Lipinski definition) is 0. The highest BCUT2D eigenvalue weighted by Gasteiger charge is 2.13. The predicted molar refractivity (Wildman–Crippen MR) is 135 cm³/mol. The van der Waals surface area contributed by atoms with Crippen LogP contribution >= 0.6 is 11.3 Å². The Balaban J connectivity index is 1.58. The number of nitrogens with zero attached hydrogens (tertiary/aromatic N) is 3. The smallest absolute Gasteiger partial charge is 0.195 e. The van der Waals surface area contributed by atoms with Crippen LogP contribution in [-0.2, 0) is 0 Å². The van der Waals surface area contributed by atoms with Crippen molar-refractivity contribution in [2.24, 2.45) is 0 Å².